The van der Waals surface area contributed by atoms with Crippen LogP contribution >= 0.6 is 0 Å². The van der Waals surface area contributed by atoms with Gasteiger partial charge in [0.1, 0.15) is 0 Å². The fourth-order valence-electron chi connectivity index (χ4n) is 4.29. The van der Waals surface area contributed by atoms with Crippen molar-refractivity contribution in [1.29, 1.82) is 0 Å². The van der Waals surface area contributed by atoms with E-state index in [9.17, 15) is 23.8 Å². The van der Waals surface area contributed by atoms with E-state index in [0.29, 0.717) is 38.5 Å². The van der Waals surface area contributed by atoms with Crippen LogP contribution in [0, 0.1) is 17.8 Å². The van der Waals surface area contributed by atoms with Crippen LogP contribution in [0.2, 0.25) is 0 Å². The van der Waals surface area contributed by atoms with Crippen molar-refractivity contribution in [3.8, 4) is 0 Å². The Morgan fingerprint density at radius 3 is 2.54 bits per heavy atom. The van der Waals surface area contributed by atoms with Crippen molar-refractivity contribution in [3.05, 3.63) is 18.6 Å². The number of rotatable bonds is 14. The number of aliphatic hydroxyl groups excluding tert-OH is 1. The minimum atomic E-state index is -1.64. The summed E-state index contributed by atoms with van der Waals surface area (Å²) in [6.07, 6.45) is 7.26. The molecule has 163 valence electrons. The van der Waals surface area contributed by atoms with Crippen LogP contribution in [0.25, 0.3) is 0 Å². The molecule has 0 aromatic carbocycles. The molecule has 0 aromatic heterocycles. The average Bonchev–Trinajstić information content (AvgIpc) is 2.93. The van der Waals surface area contributed by atoms with E-state index >= 15 is 0 Å². The largest absolute Gasteiger partial charge is 0.481 e. The maximum Gasteiger partial charge on any atom is 0.316 e. The molecule has 4 nitrogen and oxygen atoms in total. The molecule has 0 spiro atoms. The second kappa shape index (κ2) is 11.9. The van der Waals surface area contributed by atoms with Crippen LogP contribution in [0.15, 0.2) is 12.2 Å². The van der Waals surface area contributed by atoms with Crippen molar-refractivity contribution < 1.29 is 28.9 Å². The number of carbonyl (C=O) groups is 1. The van der Waals surface area contributed by atoms with Crippen molar-refractivity contribution in [2.24, 2.45) is 11.3 Å². The van der Waals surface area contributed by atoms with E-state index in [0.717, 1.165) is 19.3 Å². The summed E-state index contributed by atoms with van der Waals surface area (Å²) in [5, 5.41) is 29.6. The molecule has 1 radical (unpaired) electrons. The summed E-state index contributed by atoms with van der Waals surface area (Å²) in [6, 6.07) is 0. The predicted molar refractivity (Wildman–Crippen MR) is 106 cm³/mol. The number of halogens is 2. The molecule has 1 fully saturated rings. The van der Waals surface area contributed by atoms with Gasteiger partial charge in [0.25, 0.3) is 0 Å². The van der Waals surface area contributed by atoms with Gasteiger partial charge in [0.2, 0.25) is 0 Å². The molecule has 1 unspecified atom stereocenters. The van der Waals surface area contributed by atoms with Crippen LogP contribution in [0.5, 0.6) is 0 Å². The Kier molecular flexibility index (Phi) is 10.6. The Bertz CT molecular complexity index is 493. The minimum absolute atomic E-state index is 0.0837. The van der Waals surface area contributed by atoms with Crippen LogP contribution in [0.1, 0.15) is 90.9 Å². The van der Waals surface area contributed by atoms with Gasteiger partial charge in [0.05, 0.1) is 11.7 Å². The minimum Gasteiger partial charge on any atom is -0.481 e. The molecule has 0 bridgehead atoms. The molecule has 3 N–H and O–H groups in total. The van der Waals surface area contributed by atoms with E-state index in [1.165, 1.54) is 0 Å². The second-order valence-electron chi connectivity index (χ2n) is 8.58. The Morgan fingerprint density at radius 2 is 1.93 bits per heavy atom. The van der Waals surface area contributed by atoms with Crippen molar-refractivity contribution >= 4 is 5.97 Å². The Morgan fingerprint density at radius 1 is 1.21 bits per heavy atom. The van der Waals surface area contributed by atoms with Gasteiger partial charge in [-0.2, -0.15) is 8.78 Å². The Labute approximate surface area is 168 Å². The molecule has 1 aliphatic rings. The van der Waals surface area contributed by atoms with Gasteiger partial charge >= 0.3 is 12.4 Å². The molecule has 0 heterocycles. The zero-order valence-corrected chi connectivity index (χ0v) is 17.3. The highest BCUT2D eigenvalue weighted by Crippen LogP contribution is 2.56. The highest BCUT2D eigenvalue weighted by Gasteiger charge is 2.54. The molecule has 0 aromatic rings. The van der Waals surface area contributed by atoms with E-state index in [1.807, 2.05) is 6.08 Å². The fourth-order valence-corrected chi connectivity index (χ4v) is 4.29. The van der Waals surface area contributed by atoms with Gasteiger partial charge < -0.3 is 15.3 Å². The smallest absolute Gasteiger partial charge is 0.316 e. The van der Waals surface area contributed by atoms with Gasteiger partial charge in [-0.1, -0.05) is 38.3 Å². The quantitative estimate of drug-likeness (QED) is 0.265. The van der Waals surface area contributed by atoms with Crippen molar-refractivity contribution in [2.45, 2.75) is 103 Å². The lowest BCUT2D eigenvalue weighted by Crippen LogP contribution is -2.36. The number of hydrogen-bond acceptors (Lipinski definition) is 3. The van der Waals surface area contributed by atoms with Crippen LogP contribution in [0.3, 0.4) is 0 Å². The lowest BCUT2D eigenvalue weighted by molar-refractivity contribution is -0.137. The molecule has 1 aliphatic carbocycles. The standard InChI is InChI=1S/C22H37F2O4/c1-3-4-9-13-21(2,28)15-16-22(20(23)24)14-12-18(25)17(22)10-7-5-6-8-11-19(26)27/h5,7,17-18,25,28H,3-4,6,8-16H2,1-2H3,(H,26,27)/t17-,18-,21?,22-/m0/s1. The summed E-state index contributed by atoms with van der Waals surface area (Å²) >= 11 is 0. The maximum atomic E-state index is 14.1. The van der Waals surface area contributed by atoms with E-state index in [1.54, 1.807) is 13.0 Å². The van der Waals surface area contributed by atoms with E-state index in [4.69, 9.17) is 5.11 Å². The number of unbranched alkanes of at least 4 members (excludes halogenated alkanes) is 3. The number of hydrogen-bond donors (Lipinski definition) is 3. The molecule has 6 heteroatoms. The molecule has 0 saturated heterocycles. The first-order chi connectivity index (χ1) is 13.1. The zero-order valence-electron chi connectivity index (χ0n) is 17.3. The first-order valence-electron chi connectivity index (χ1n) is 10.6. The second-order valence-corrected chi connectivity index (χ2v) is 8.58. The highest BCUT2D eigenvalue weighted by atomic mass is 19.3. The summed E-state index contributed by atoms with van der Waals surface area (Å²) in [4.78, 5) is 10.5. The van der Waals surface area contributed by atoms with Crippen LogP contribution in [0.4, 0.5) is 8.78 Å². The monoisotopic (exact) mass is 403 g/mol. The summed E-state index contributed by atoms with van der Waals surface area (Å²) in [5.74, 6) is -1.42. The summed E-state index contributed by atoms with van der Waals surface area (Å²) in [7, 11) is 0. The van der Waals surface area contributed by atoms with Crippen LogP contribution < -0.4 is 0 Å². The average molecular weight is 404 g/mol. The molecule has 1 saturated carbocycles. The van der Waals surface area contributed by atoms with E-state index in [2.05, 4.69) is 6.92 Å². The van der Waals surface area contributed by atoms with Gasteiger partial charge in [0, 0.05) is 11.8 Å². The number of aliphatic carboxylic acids is 1. The Hall–Kier alpha value is -1.01. The third-order valence-electron chi connectivity index (χ3n) is 6.18. The molecule has 4 atom stereocenters. The van der Waals surface area contributed by atoms with Gasteiger partial charge in [-0.15, -0.1) is 0 Å². The molecule has 0 amide bonds. The normalized spacial score (nSPS) is 27.5. The maximum absolute atomic E-state index is 14.1. The molecule has 28 heavy (non-hydrogen) atoms. The third kappa shape index (κ3) is 7.78. The number of allylic oxidation sites excluding steroid dienone is 2. The fraction of sp³-hybridized carbons (Fsp3) is 0.818. The van der Waals surface area contributed by atoms with Gasteiger partial charge in [0.15, 0.2) is 0 Å². The first-order valence-corrected chi connectivity index (χ1v) is 10.6. The van der Waals surface area contributed by atoms with E-state index < -0.39 is 35.4 Å². The van der Waals surface area contributed by atoms with Crippen molar-refractivity contribution in [1.82, 2.24) is 0 Å². The number of carboxylic acids is 1. The third-order valence-corrected chi connectivity index (χ3v) is 6.18. The highest BCUT2D eigenvalue weighted by molar-refractivity contribution is 5.66. The number of aliphatic hydroxyl groups is 2. The van der Waals surface area contributed by atoms with Crippen LogP contribution in [-0.2, 0) is 4.79 Å². The zero-order chi connectivity index (χ0) is 21.2. The van der Waals surface area contributed by atoms with Crippen molar-refractivity contribution in [3.63, 3.8) is 0 Å². The SMILES string of the molecule is CCCCCC(C)(O)CC[C@@]1([C](F)F)CC[C@H](O)[C@@H]1CC=CCCCC(=O)O. The van der Waals surface area contributed by atoms with Gasteiger partial charge in [-0.05, 0) is 64.2 Å². The van der Waals surface area contributed by atoms with Crippen LogP contribution in [-0.4, -0.2) is 33.0 Å². The lowest BCUT2D eigenvalue weighted by atomic mass is 9.70. The topological polar surface area (TPSA) is 77.8 Å². The van der Waals surface area contributed by atoms with Crippen molar-refractivity contribution in [2.75, 3.05) is 0 Å². The summed E-state index contributed by atoms with van der Waals surface area (Å²) in [6.45, 7) is 3.80. The molecule has 1 rings (SSSR count). The van der Waals surface area contributed by atoms with Gasteiger partial charge in [-0.3, -0.25) is 4.79 Å². The molecule has 0 aliphatic heterocycles. The lowest BCUT2D eigenvalue weighted by Gasteiger charge is -2.37. The molecular formula is C22H37F2O4. The van der Waals surface area contributed by atoms with Gasteiger partial charge in [-0.25, -0.2) is 0 Å². The predicted octanol–water partition coefficient (Wildman–Crippen LogP) is 5.48. The first kappa shape index (κ1) is 25.0. The summed E-state index contributed by atoms with van der Waals surface area (Å²) < 4.78 is 28.1. The summed E-state index contributed by atoms with van der Waals surface area (Å²) in [5.41, 5.74) is -2.32. The van der Waals surface area contributed by atoms with E-state index in [-0.39, 0.29) is 19.3 Å². The number of carboxylic acid groups (broad SMARTS) is 1. The Balaban J connectivity index is 2.69. The molecular weight excluding hydrogens is 366 g/mol.